The molecule has 0 aliphatic heterocycles. The van der Waals surface area contributed by atoms with E-state index in [0.29, 0.717) is 11.8 Å². The number of aromatic nitrogens is 1. The first-order chi connectivity index (χ1) is 9.84. The van der Waals surface area contributed by atoms with E-state index in [-0.39, 0.29) is 0 Å². The van der Waals surface area contributed by atoms with Gasteiger partial charge in [-0.25, -0.2) is 0 Å². The summed E-state index contributed by atoms with van der Waals surface area (Å²) >= 11 is 0. The van der Waals surface area contributed by atoms with Crippen LogP contribution < -0.4 is 0 Å². The van der Waals surface area contributed by atoms with Gasteiger partial charge in [0.2, 0.25) is 0 Å². The van der Waals surface area contributed by atoms with Crippen LogP contribution in [0.2, 0.25) is 0 Å². The predicted molar refractivity (Wildman–Crippen MR) is 82.0 cm³/mol. The Balaban J connectivity index is 1.98. The molecule has 0 N–H and O–H groups in total. The number of benzene rings is 2. The SMILES string of the molecule is O=C1CCC(n2c3ccccc3c3ccccc32)CC1. The molecule has 0 atom stereocenters. The van der Waals surface area contributed by atoms with Gasteiger partial charge in [-0.1, -0.05) is 36.4 Å². The van der Waals surface area contributed by atoms with Gasteiger partial charge in [0.05, 0.1) is 0 Å². The number of hydrogen-bond acceptors (Lipinski definition) is 1. The van der Waals surface area contributed by atoms with E-state index in [1.165, 1.54) is 21.8 Å². The molecular formula is C18H17NO. The molecule has 1 fully saturated rings. The number of nitrogens with zero attached hydrogens (tertiary/aromatic N) is 1. The predicted octanol–water partition coefficient (Wildman–Crippen LogP) is 4.48. The highest BCUT2D eigenvalue weighted by Gasteiger charge is 2.23. The van der Waals surface area contributed by atoms with Crippen molar-refractivity contribution in [2.75, 3.05) is 0 Å². The molecule has 0 saturated heterocycles. The van der Waals surface area contributed by atoms with Crippen LogP contribution in [-0.4, -0.2) is 10.4 Å². The van der Waals surface area contributed by atoms with E-state index in [0.717, 1.165) is 25.7 Å². The molecule has 1 aliphatic carbocycles. The fraction of sp³-hybridized carbons (Fsp3) is 0.278. The molecule has 0 unspecified atom stereocenters. The van der Waals surface area contributed by atoms with Gasteiger partial charge in [-0.05, 0) is 25.0 Å². The Bertz CT molecular complexity index is 736. The summed E-state index contributed by atoms with van der Waals surface area (Å²) in [5.41, 5.74) is 2.60. The molecule has 2 heteroatoms. The number of rotatable bonds is 1. The van der Waals surface area contributed by atoms with Crippen molar-refractivity contribution in [1.29, 1.82) is 0 Å². The largest absolute Gasteiger partial charge is 0.337 e. The average molecular weight is 263 g/mol. The molecule has 1 aromatic heterocycles. The van der Waals surface area contributed by atoms with Crippen LogP contribution in [0.15, 0.2) is 48.5 Å². The summed E-state index contributed by atoms with van der Waals surface area (Å²) in [5, 5.41) is 2.64. The first kappa shape index (κ1) is 11.7. The lowest BCUT2D eigenvalue weighted by Gasteiger charge is -2.24. The molecule has 20 heavy (non-hydrogen) atoms. The van der Waals surface area contributed by atoms with E-state index in [1.807, 2.05) is 0 Å². The van der Waals surface area contributed by atoms with Gasteiger partial charge in [0.15, 0.2) is 0 Å². The lowest BCUT2D eigenvalue weighted by atomic mass is 9.94. The third-order valence-corrected chi connectivity index (χ3v) is 4.50. The maximum atomic E-state index is 11.5. The number of ketones is 1. The fourth-order valence-corrected chi connectivity index (χ4v) is 3.53. The van der Waals surface area contributed by atoms with E-state index in [1.54, 1.807) is 0 Å². The van der Waals surface area contributed by atoms with Crippen LogP contribution >= 0.6 is 0 Å². The van der Waals surface area contributed by atoms with Crippen molar-refractivity contribution in [3.8, 4) is 0 Å². The summed E-state index contributed by atoms with van der Waals surface area (Å²) in [6.07, 6.45) is 3.40. The number of carbonyl (C=O) groups is 1. The zero-order valence-corrected chi connectivity index (χ0v) is 11.4. The highest BCUT2D eigenvalue weighted by atomic mass is 16.1. The molecule has 2 nitrogen and oxygen atoms in total. The quantitative estimate of drug-likeness (QED) is 0.634. The Morgan fingerprint density at radius 3 is 1.85 bits per heavy atom. The minimum atomic E-state index is 0.419. The highest BCUT2D eigenvalue weighted by molar-refractivity contribution is 6.08. The Labute approximate surface area is 118 Å². The normalized spacial score (nSPS) is 17.1. The first-order valence-electron chi connectivity index (χ1n) is 7.34. The Kier molecular flexibility index (Phi) is 2.62. The van der Waals surface area contributed by atoms with E-state index in [9.17, 15) is 4.79 Å². The zero-order valence-electron chi connectivity index (χ0n) is 11.4. The van der Waals surface area contributed by atoms with Crippen molar-refractivity contribution in [1.82, 2.24) is 4.57 Å². The molecule has 0 amide bonds. The maximum Gasteiger partial charge on any atom is 0.133 e. The van der Waals surface area contributed by atoms with E-state index < -0.39 is 0 Å². The number of para-hydroxylation sites is 2. The van der Waals surface area contributed by atoms with Crippen LogP contribution in [0, 0.1) is 0 Å². The molecule has 1 aliphatic rings. The number of Topliss-reactive ketones (excluding diaryl/α,β-unsaturated/α-hetero) is 1. The molecule has 0 bridgehead atoms. The van der Waals surface area contributed by atoms with Crippen LogP contribution in [0.1, 0.15) is 31.7 Å². The van der Waals surface area contributed by atoms with Crippen LogP contribution in [0.3, 0.4) is 0 Å². The van der Waals surface area contributed by atoms with Crippen molar-refractivity contribution < 1.29 is 4.79 Å². The van der Waals surface area contributed by atoms with Gasteiger partial charge in [-0.3, -0.25) is 4.79 Å². The van der Waals surface area contributed by atoms with Crippen LogP contribution in [0.5, 0.6) is 0 Å². The molecule has 3 aromatic rings. The van der Waals surface area contributed by atoms with E-state index >= 15 is 0 Å². The Hall–Kier alpha value is -2.09. The maximum absolute atomic E-state index is 11.5. The zero-order chi connectivity index (χ0) is 13.5. The summed E-state index contributed by atoms with van der Waals surface area (Å²) in [4.78, 5) is 11.5. The minimum absolute atomic E-state index is 0.419. The van der Waals surface area contributed by atoms with E-state index in [4.69, 9.17) is 0 Å². The van der Waals surface area contributed by atoms with Gasteiger partial charge in [0, 0.05) is 40.7 Å². The summed E-state index contributed by atoms with van der Waals surface area (Å²) in [5.74, 6) is 0.419. The van der Waals surface area contributed by atoms with Gasteiger partial charge in [-0.15, -0.1) is 0 Å². The van der Waals surface area contributed by atoms with Gasteiger partial charge in [-0.2, -0.15) is 0 Å². The Morgan fingerprint density at radius 2 is 1.30 bits per heavy atom. The molecule has 2 aromatic carbocycles. The van der Waals surface area contributed by atoms with Crippen molar-refractivity contribution >= 4 is 27.6 Å². The number of hydrogen-bond donors (Lipinski definition) is 0. The van der Waals surface area contributed by atoms with Gasteiger partial charge in [0.25, 0.3) is 0 Å². The molecular weight excluding hydrogens is 246 g/mol. The highest BCUT2D eigenvalue weighted by Crippen LogP contribution is 2.36. The summed E-state index contributed by atoms with van der Waals surface area (Å²) in [6, 6.07) is 17.7. The van der Waals surface area contributed by atoms with Crippen molar-refractivity contribution in [3.63, 3.8) is 0 Å². The van der Waals surface area contributed by atoms with Crippen LogP contribution in [-0.2, 0) is 4.79 Å². The van der Waals surface area contributed by atoms with Crippen molar-refractivity contribution in [2.24, 2.45) is 0 Å². The van der Waals surface area contributed by atoms with Gasteiger partial charge in [0.1, 0.15) is 5.78 Å². The number of carbonyl (C=O) groups excluding carboxylic acids is 1. The third kappa shape index (κ3) is 1.68. The third-order valence-electron chi connectivity index (χ3n) is 4.50. The molecule has 4 rings (SSSR count). The second kappa shape index (κ2) is 4.48. The molecule has 0 radical (unpaired) electrons. The second-order valence-corrected chi connectivity index (χ2v) is 5.67. The van der Waals surface area contributed by atoms with E-state index in [2.05, 4.69) is 53.1 Å². The van der Waals surface area contributed by atoms with Crippen LogP contribution in [0.25, 0.3) is 21.8 Å². The van der Waals surface area contributed by atoms with Gasteiger partial charge < -0.3 is 4.57 Å². The monoisotopic (exact) mass is 263 g/mol. The fourth-order valence-electron chi connectivity index (χ4n) is 3.53. The van der Waals surface area contributed by atoms with Crippen molar-refractivity contribution in [3.05, 3.63) is 48.5 Å². The second-order valence-electron chi connectivity index (χ2n) is 5.67. The molecule has 0 spiro atoms. The smallest absolute Gasteiger partial charge is 0.133 e. The van der Waals surface area contributed by atoms with Crippen molar-refractivity contribution in [2.45, 2.75) is 31.7 Å². The topological polar surface area (TPSA) is 22.0 Å². The molecule has 100 valence electrons. The lowest BCUT2D eigenvalue weighted by molar-refractivity contribution is -0.120. The summed E-state index contributed by atoms with van der Waals surface area (Å²) in [7, 11) is 0. The summed E-state index contributed by atoms with van der Waals surface area (Å²) in [6.45, 7) is 0. The first-order valence-corrected chi connectivity index (χ1v) is 7.34. The lowest BCUT2D eigenvalue weighted by Crippen LogP contribution is -2.17. The molecule has 1 saturated carbocycles. The standard InChI is InChI=1S/C18H17NO/c20-14-11-9-13(10-12-14)19-17-7-3-1-5-15(17)16-6-2-4-8-18(16)19/h1-8,13H,9-12H2. The minimum Gasteiger partial charge on any atom is -0.337 e. The molecule has 1 heterocycles. The number of fused-ring (bicyclic) bond motifs is 3. The summed E-state index contributed by atoms with van der Waals surface area (Å²) < 4.78 is 2.46. The van der Waals surface area contributed by atoms with Gasteiger partial charge >= 0.3 is 0 Å². The van der Waals surface area contributed by atoms with Crippen LogP contribution in [0.4, 0.5) is 0 Å². The average Bonchev–Trinajstić information content (AvgIpc) is 2.83. The Morgan fingerprint density at radius 1 is 0.800 bits per heavy atom.